The number of carbonyl (C=O) groups excluding carboxylic acids is 1. The summed E-state index contributed by atoms with van der Waals surface area (Å²) in [6.45, 7) is -0.250. The van der Waals surface area contributed by atoms with E-state index in [-0.39, 0.29) is 6.54 Å². The molecule has 0 aliphatic rings. The second kappa shape index (κ2) is 9.57. The molecule has 152 valence electrons. The zero-order chi connectivity index (χ0) is 20.8. The minimum Gasteiger partial charge on any atom is -0.271 e. The van der Waals surface area contributed by atoms with Crippen molar-refractivity contribution in [3.8, 4) is 0 Å². The zero-order valence-corrected chi connectivity index (χ0v) is 18.0. The van der Waals surface area contributed by atoms with Crippen molar-refractivity contribution in [1.29, 1.82) is 0 Å². The van der Waals surface area contributed by atoms with Crippen molar-refractivity contribution in [3.63, 3.8) is 0 Å². The Bertz CT molecular complexity index is 1200. The van der Waals surface area contributed by atoms with Gasteiger partial charge in [0.05, 0.1) is 12.4 Å². The first kappa shape index (κ1) is 20.1. The number of rotatable bonds is 8. The predicted octanol–water partition coefficient (Wildman–Crippen LogP) is 2.85. The van der Waals surface area contributed by atoms with E-state index >= 15 is 0 Å². The molecule has 0 spiro atoms. The van der Waals surface area contributed by atoms with Crippen LogP contribution in [-0.2, 0) is 17.8 Å². The maximum Gasteiger partial charge on any atom is 0.367 e. The van der Waals surface area contributed by atoms with Gasteiger partial charge in [0.2, 0.25) is 0 Å². The second-order valence-electron chi connectivity index (χ2n) is 5.99. The molecule has 4 aromatic rings. The van der Waals surface area contributed by atoms with Crippen LogP contribution in [0.25, 0.3) is 0 Å². The summed E-state index contributed by atoms with van der Waals surface area (Å²) in [4.78, 5) is 27.9. The van der Waals surface area contributed by atoms with Gasteiger partial charge in [0.25, 0.3) is 5.91 Å². The first-order valence-electron chi connectivity index (χ1n) is 8.83. The second-order valence-corrected chi connectivity index (χ2v) is 8.98. The Hall–Kier alpha value is -3.15. The van der Waals surface area contributed by atoms with E-state index in [1.54, 1.807) is 23.8 Å². The maximum atomic E-state index is 12.8. The number of hydrogen-bond donors (Lipinski definition) is 1. The van der Waals surface area contributed by atoms with Crippen LogP contribution in [0.1, 0.15) is 20.5 Å². The number of carbonyl (C=O) groups is 1. The fourth-order valence-corrected chi connectivity index (χ4v) is 4.39. The third-order valence-electron chi connectivity index (χ3n) is 3.86. The molecule has 0 atom stereocenters. The lowest BCUT2D eigenvalue weighted by Crippen LogP contribution is -2.31. The lowest BCUT2D eigenvalue weighted by atomic mass is 10.3. The standard InChI is InChI=1S/C19H16N6O2S3/c26-18(22-20-11-15-5-2-8-29-15)13-24-19(27)25(21-12-16-6-3-9-30-16)17(23-24)10-14-4-1-7-28-14/h1-9,11-12H,10,13H2,(H,22,26)/b20-11+,21-12+. The van der Waals surface area contributed by atoms with Crippen LogP contribution in [0.3, 0.4) is 0 Å². The fourth-order valence-electron chi connectivity index (χ4n) is 2.53. The molecule has 8 nitrogen and oxygen atoms in total. The van der Waals surface area contributed by atoms with Crippen LogP contribution in [-0.4, -0.2) is 32.8 Å². The molecule has 30 heavy (non-hydrogen) atoms. The minimum atomic E-state index is -0.480. The highest BCUT2D eigenvalue weighted by Gasteiger charge is 2.16. The number of amides is 1. The van der Waals surface area contributed by atoms with Crippen molar-refractivity contribution in [2.45, 2.75) is 13.0 Å². The zero-order valence-electron chi connectivity index (χ0n) is 15.5. The SMILES string of the molecule is O=C(Cn1nc(Cc2cccs2)n(/N=C/c2cccs2)c1=O)N/N=C/c1cccs1. The van der Waals surface area contributed by atoms with E-state index in [9.17, 15) is 9.59 Å². The van der Waals surface area contributed by atoms with E-state index in [4.69, 9.17) is 0 Å². The summed E-state index contributed by atoms with van der Waals surface area (Å²) in [7, 11) is 0. The van der Waals surface area contributed by atoms with Gasteiger partial charge < -0.3 is 0 Å². The van der Waals surface area contributed by atoms with Gasteiger partial charge in [-0.3, -0.25) is 4.79 Å². The Morgan fingerprint density at radius 1 is 1.03 bits per heavy atom. The average Bonchev–Trinajstić information content (AvgIpc) is 3.52. The van der Waals surface area contributed by atoms with E-state index in [1.807, 2.05) is 52.5 Å². The molecule has 0 bridgehead atoms. The van der Waals surface area contributed by atoms with Crippen LogP contribution >= 0.6 is 34.0 Å². The summed E-state index contributed by atoms with van der Waals surface area (Å²) in [5.41, 5.74) is 1.94. The maximum absolute atomic E-state index is 12.8. The number of nitrogens with zero attached hydrogens (tertiary/aromatic N) is 5. The molecule has 4 rings (SSSR count). The molecule has 0 aromatic carbocycles. The number of thiophene rings is 3. The summed E-state index contributed by atoms with van der Waals surface area (Å²) in [6.07, 6.45) is 3.61. The highest BCUT2D eigenvalue weighted by molar-refractivity contribution is 7.12. The van der Waals surface area contributed by atoms with Gasteiger partial charge >= 0.3 is 5.69 Å². The lowest BCUT2D eigenvalue weighted by molar-refractivity contribution is -0.121. The molecule has 0 saturated heterocycles. The summed E-state index contributed by atoms with van der Waals surface area (Å²) < 4.78 is 2.34. The average molecular weight is 457 g/mol. The van der Waals surface area contributed by atoms with Gasteiger partial charge in [0.15, 0.2) is 5.82 Å². The van der Waals surface area contributed by atoms with Crippen LogP contribution in [0.4, 0.5) is 0 Å². The summed E-state index contributed by atoms with van der Waals surface area (Å²) >= 11 is 4.59. The van der Waals surface area contributed by atoms with Crippen LogP contribution in [0.5, 0.6) is 0 Å². The topological polar surface area (TPSA) is 93.6 Å². The molecular formula is C19H16N6O2S3. The summed E-state index contributed by atoms with van der Waals surface area (Å²) in [5.74, 6) is 0.0182. The lowest BCUT2D eigenvalue weighted by Gasteiger charge is -1.98. The van der Waals surface area contributed by atoms with Crippen molar-refractivity contribution in [3.05, 3.63) is 83.5 Å². The number of nitrogens with one attached hydrogen (secondary N) is 1. The summed E-state index contributed by atoms with van der Waals surface area (Å²) in [5, 5.41) is 18.4. The molecule has 0 fully saturated rings. The number of hydrogen-bond acceptors (Lipinski definition) is 8. The van der Waals surface area contributed by atoms with E-state index in [0.717, 1.165) is 19.3 Å². The van der Waals surface area contributed by atoms with Gasteiger partial charge in [-0.1, -0.05) is 18.2 Å². The molecule has 0 aliphatic carbocycles. The van der Waals surface area contributed by atoms with Crippen LogP contribution < -0.4 is 11.1 Å². The van der Waals surface area contributed by atoms with Crippen molar-refractivity contribution in [2.75, 3.05) is 0 Å². The van der Waals surface area contributed by atoms with Gasteiger partial charge in [-0.15, -0.1) is 34.0 Å². The molecule has 4 heterocycles. The molecule has 0 radical (unpaired) electrons. The largest absolute Gasteiger partial charge is 0.367 e. The highest BCUT2D eigenvalue weighted by Crippen LogP contribution is 2.13. The number of hydrazone groups is 1. The molecule has 0 aliphatic heterocycles. The first-order chi connectivity index (χ1) is 14.7. The molecule has 0 unspecified atom stereocenters. The van der Waals surface area contributed by atoms with Gasteiger partial charge in [-0.25, -0.2) is 14.9 Å². The summed E-state index contributed by atoms with van der Waals surface area (Å²) in [6, 6.07) is 11.5. The number of aromatic nitrogens is 3. The Morgan fingerprint density at radius 2 is 1.73 bits per heavy atom. The molecule has 4 aromatic heterocycles. The third-order valence-corrected chi connectivity index (χ3v) is 6.35. The van der Waals surface area contributed by atoms with Gasteiger partial charge in [-0.05, 0) is 34.3 Å². The van der Waals surface area contributed by atoms with E-state index in [1.165, 1.54) is 27.3 Å². The molecule has 0 saturated carbocycles. The molecule has 11 heteroatoms. The van der Waals surface area contributed by atoms with E-state index in [0.29, 0.717) is 12.2 Å². The quantitative estimate of drug-likeness (QED) is 0.326. The van der Waals surface area contributed by atoms with Crippen molar-refractivity contribution in [1.82, 2.24) is 19.9 Å². The Labute approximate surface area is 183 Å². The van der Waals surface area contributed by atoms with Crippen LogP contribution in [0.2, 0.25) is 0 Å². The van der Waals surface area contributed by atoms with Gasteiger partial charge in [0.1, 0.15) is 6.54 Å². The molecular weight excluding hydrogens is 440 g/mol. The molecule has 1 amide bonds. The Morgan fingerprint density at radius 3 is 2.40 bits per heavy atom. The minimum absolute atomic E-state index is 0.250. The normalized spacial score (nSPS) is 11.6. The van der Waals surface area contributed by atoms with Gasteiger partial charge in [0, 0.05) is 21.1 Å². The molecule has 1 N–H and O–H groups in total. The first-order valence-corrected chi connectivity index (χ1v) is 11.5. The van der Waals surface area contributed by atoms with Crippen molar-refractivity contribution in [2.24, 2.45) is 10.2 Å². The van der Waals surface area contributed by atoms with E-state index in [2.05, 4.69) is 20.7 Å². The predicted molar refractivity (Wildman–Crippen MR) is 121 cm³/mol. The smallest absolute Gasteiger partial charge is 0.271 e. The van der Waals surface area contributed by atoms with Gasteiger partial charge in [-0.2, -0.15) is 20.0 Å². The van der Waals surface area contributed by atoms with Crippen LogP contribution in [0.15, 0.2) is 67.5 Å². The fraction of sp³-hybridized carbons (Fsp3) is 0.105. The Balaban J connectivity index is 1.53. The van der Waals surface area contributed by atoms with E-state index < -0.39 is 11.6 Å². The van der Waals surface area contributed by atoms with Crippen LogP contribution in [0, 0.1) is 0 Å². The van der Waals surface area contributed by atoms with Crippen molar-refractivity contribution < 1.29 is 4.79 Å². The van der Waals surface area contributed by atoms with Crippen molar-refractivity contribution >= 4 is 52.3 Å². The Kier molecular flexibility index (Phi) is 6.42. The third kappa shape index (κ3) is 5.06. The monoisotopic (exact) mass is 456 g/mol. The highest BCUT2D eigenvalue weighted by atomic mass is 32.1.